The summed E-state index contributed by atoms with van der Waals surface area (Å²) >= 11 is 0. The Hall–Kier alpha value is -1.31. The molecule has 0 fully saturated rings. The van der Waals surface area contributed by atoms with Gasteiger partial charge in [0.25, 0.3) is 0 Å². The molecule has 0 saturated heterocycles. The van der Waals surface area contributed by atoms with Gasteiger partial charge in [0, 0.05) is 25.2 Å². The van der Waals surface area contributed by atoms with Gasteiger partial charge in [-0.15, -0.1) is 24.0 Å². The van der Waals surface area contributed by atoms with E-state index in [2.05, 4.69) is 36.4 Å². The van der Waals surface area contributed by atoms with Crippen LogP contribution in [0.25, 0.3) is 0 Å². The lowest BCUT2D eigenvalue weighted by Gasteiger charge is -2.18. The number of nitrogens with zero attached hydrogens (tertiary/aromatic N) is 1. The lowest BCUT2D eigenvalue weighted by molar-refractivity contribution is 0.1000. The van der Waals surface area contributed by atoms with E-state index in [9.17, 15) is 4.79 Å². The summed E-state index contributed by atoms with van der Waals surface area (Å²) in [5, 5.41) is 6.66. The number of hydrogen-bond donors (Lipinski definition) is 3. The number of guanidine groups is 1. The molecular weight excluding hydrogens is 415 g/mol. The second-order valence-corrected chi connectivity index (χ2v) is 6.36. The second kappa shape index (κ2) is 12.1. The predicted octanol–water partition coefficient (Wildman–Crippen LogP) is 3.28. The average molecular weight is 446 g/mol. The van der Waals surface area contributed by atoms with Gasteiger partial charge in [-0.05, 0) is 37.0 Å². The number of amides is 1. The number of carbonyl (C=O) groups excluding carboxylic acids is 1. The zero-order chi connectivity index (χ0) is 17.2. The minimum absolute atomic E-state index is 0. The normalized spacial score (nSPS) is 12.5. The summed E-state index contributed by atoms with van der Waals surface area (Å²) in [5.41, 5.74) is 6.82. The summed E-state index contributed by atoms with van der Waals surface area (Å²) in [6, 6.07) is 7.68. The molecule has 1 aromatic carbocycles. The fourth-order valence-electron chi connectivity index (χ4n) is 2.35. The molecule has 0 aliphatic heterocycles. The van der Waals surface area contributed by atoms with Crippen LogP contribution >= 0.6 is 24.0 Å². The summed E-state index contributed by atoms with van der Waals surface area (Å²) < 4.78 is 0. The summed E-state index contributed by atoms with van der Waals surface area (Å²) in [7, 11) is 1.76. The summed E-state index contributed by atoms with van der Waals surface area (Å²) in [6.45, 7) is 7.26. The smallest absolute Gasteiger partial charge is 0.248 e. The van der Waals surface area contributed by atoms with Crippen LogP contribution in [0, 0.1) is 5.92 Å². The van der Waals surface area contributed by atoms with Crippen LogP contribution in [0.1, 0.15) is 56.0 Å². The van der Waals surface area contributed by atoms with Gasteiger partial charge in [-0.1, -0.05) is 38.8 Å². The minimum Gasteiger partial charge on any atom is -0.366 e. The molecule has 0 saturated carbocycles. The Morgan fingerprint density at radius 2 is 1.96 bits per heavy atom. The number of benzene rings is 1. The Labute approximate surface area is 162 Å². The van der Waals surface area contributed by atoms with E-state index in [1.165, 1.54) is 12.8 Å². The quantitative estimate of drug-likeness (QED) is 0.326. The summed E-state index contributed by atoms with van der Waals surface area (Å²) in [5.74, 6) is 1.11. The third-order valence-corrected chi connectivity index (χ3v) is 3.70. The standard InChI is InChI=1S/C18H30N4O.HI/c1-13(2)7-5-8-14(3)22-18(20-4)21-12-15-9-6-10-16(11-15)17(19)23;/h6,9-11,13-14H,5,7-8,12H2,1-4H3,(H2,19,23)(H2,20,21,22);1H. The van der Waals surface area contributed by atoms with Crippen LogP contribution in [0.4, 0.5) is 0 Å². The van der Waals surface area contributed by atoms with E-state index in [1.807, 2.05) is 12.1 Å². The van der Waals surface area contributed by atoms with E-state index in [-0.39, 0.29) is 24.0 Å². The highest BCUT2D eigenvalue weighted by Gasteiger charge is 2.06. The molecule has 0 aliphatic rings. The average Bonchev–Trinajstić information content (AvgIpc) is 2.51. The Bertz CT molecular complexity index is 532. The third kappa shape index (κ3) is 9.10. The van der Waals surface area contributed by atoms with Crippen LogP contribution in [-0.4, -0.2) is 25.0 Å². The van der Waals surface area contributed by atoms with Crippen molar-refractivity contribution in [2.45, 2.75) is 52.6 Å². The number of carbonyl (C=O) groups is 1. The number of halogens is 1. The molecule has 0 spiro atoms. The molecule has 1 rings (SSSR count). The van der Waals surface area contributed by atoms with Gasteiger partial charge in [-0.3, -0.25) is 9.79 Å². The van der Waals surface area contributed by atoms with Gasteiger partial charge >= 0.3 is 0 Å². The van der Waals surface area contributed by atoms with Crippen molar-refractivity contribution in [3.63, 3.8) is 0 Å². The first-order valence-electron chi connectivity index (χ1n) is 8.28. The number of rotatable bonds is 8. The van der Waals surface area contributed by atoms with Crippen molar-refractivity contribution in [1.29, 1.82) is 0 Å². The van der Waals surface area contributed by atoms with Crippen LogP contribution in [-0.2, 0) is 6.54 Å². The molecule has 1 atom stereocenters. The molecule has 0 aromatic heterocycles. The molecule has 136 valence electrons. The molecule has 1 amide bonds. The van der Waals surface area contributed by atoms with Crippen LogP contribution < -0.4 is 16.4 Å². The molecule has 24 heavy (non-hydrogen) atoms. The first-order chi connectivity index (χ1) is 10.9. The van der Waals surface area contributed by atoms with Gasteiger partial charge in [-0.2, -0.15) is 0 Å². The molecule has 0 radical (unpaired) electrons. The molecular formula is C18H31IN4O. The van der Waals surface area contributed by atoms with Gasteiger partial charge < -0.3 is 16.4 Å². The first-order valence-corrected chi connectivity index (χ1v) is 8.28. The third-order valence-electron chi connectivity index (χ3n) is 3.70. The lowest BCUT2D eigenvalue weighted by Crippen LogP contribution is -2.41. The van der Waals surface area contributed by atoms with Crippen LogP contribution in [0.5, 0.6) is 0 Å². The monoisotopic (exact) mass is 446 g/mol. The largest absolute Gasteiger partial charge is 0.366 e. The highest BCUT2D eigenvalue weighted by Crippen LogP contribution is 2.08. The summed E-state index contributed by atoms with van der Waals surface area (Å²) in [6.07, 6.45) is 3.58. The fourth-order valence-corrected chi connectivity index (χ4v) is 2.35. The molecule has 1 unspecified atom stereocenters. The highest BCUT2D eigenvalue weighted by atomic mass is 127. The van der Waals surface area contributed by atoms with Crippen LogP contribution in [0.3, 0.4) is 0 Å². The minimum atomic E-state index is -0.409. The van der Waals surface area contributed by atoms with Gasteiger partial charge in [-0.25, -0.2) is 0 Å². The Balaban J connectivity index is 0.00000529. The number of hydrogen-bond acceptors (Lipinski definition) is 2. The van der Waals surface area contributed by atoms with Gasteiger partial charge in [0.05, 0.1) is 0 Å². The van der Waals surface area contributed by atoms with Crippen molar-refractivity contribution in [2.75, 3.05) is 7.05 Å². The molecule has 0 heterocycles. The van der Waals surface area contributed by atoms with E-state index >= 15 is 0 Å². The summed E-state index contributed by atoms with van der Waals surface area (Å²) in [4.78, 5) is 15.5. The predicted molar refractivity (Wildman–Crippen MR) is 112 cm³/mol. The number of primary amides is 1. The van der Waals surface area contributed by atoms with Crippen molar-refractivity contribution < 1.29 is 4.79 Å². The van der Waals surface area contributed by atoms with Gasteiger partial charge in [0.15, 0.2) is 5.96 Å². The first kappa shape index (κ1) is 22.7. The molecule has 1 aromatic rings. The lowest BCUT2D eigenvalue weighted by atomic mass is 10.0. The fraction of sp³-hybridized carbons (Fsp3) is 0.556. The van der Waals surface area contributed by atoms with Crippen molar-refractivity contribution in [1.82, 2.24) is 10.6 Å². The number of nitrogens with two attached hydrogens (primary N) is 1. The van der Waals surface area contributed by atoms with Crippen molar-refractivity contribution >= 4 is 35.8 Å². The Morgan fingerprint density at radius 1 is 1.25 bits per heavy atom. The van der Waals surface area contributed by atoms with E-state index in [4.69, 9.17) is 5.73 Å². The van der Waals surface area contributed by atoms with E-state index < -0.39 is 5.91 Å². The molecule has 4 N–H and O–H groups in total. The second-order valence-electron chi connectivity index (χ2n) is 6.36. The van der Waals surface area contributed by atoms with Crippen LogP contribution in [0.15, 0.2) is 29.3 Å². The van der Waals surface area contributed by atoms with E-state index in [0.29, 0.717) is 18.2 Å². The van der Waals surface area contributed by atoms with Crippen molar-refractivity contribution in [3.8, 4) is 0 Å². The van der Waals surface area contributed by atoms with E-state index in [1.54, 1.807) is 19.2 Å². The Kier molecular flexibility index (Phi) is 11.4. The maximum Gasteiger partial charge on any atom is 0.248 e. The van der Waals surface area contributed by atoms with Gasteiger partial charge in [0.2, 0.25) is 5.91 Å². The van der Waals surface area contributed by atoms with Crippen LogP contribution in [0.2, 0.25) is 0 Å². The molecule has 0 aliphatic carbocycles. The maximum absolute atomic E-state index is 11.2. The molecule has 5 nitrogen and oxygen atoms in total. The van der Waals surface area contributed by atoms with Crippen molar-refractivity contribution in [2.24, 2.45) is 16.6 Å². The van der Waals surface area contributed by atoms with E-state index in [0.717, 1.165) is 23.9 Å². The highest BCUT2D eigenvalue weighted by molar-refractivity contribution is 14.0. The molecule has 6 heteroatoms. The maximum atomic E-state index is 11.2. The Morgan fingerprint density at radius 3 is 2.54 bits per heavy atom. The molecule has 0 bridgehead atoms. The topological polar surface area (TPSA) is 79.5 Å². The number of aliphatic imine (C=N–C) groups is 1. The number of nitrogens with one attached hydrogen (secondary N) is 2. The van der Waals surface area contributed by atoms with Gasteiger partial charge in [0.1, 0.15) is 0 Å². The zero-order valence-corrected chi connectivity index (χ0v) is 17.5. The van der Waals surface area contributed by atoms with Crippen molar-refractivity contribution in [3.05, 3.63) is 35.4 Å². The zero-order valence-electron chi connectivity index (χ0n) is 15.1. The SMILES string of the molecule is CN=C(NCc1cccc(C(N)=O)c1)NC(C)CCCC(C)C.I.